The molecule has 34 heavy (non-hydrogen) atoms. The topological polar surface area (TPSA) is 69.5 Å². The van der Waals surface area contributed by atoms with Gasteiger partial charge in [0.05, 0.1) is 12.4 Å². The van der Waals surface area contributed by atoms with Gasteiger partial charge in [0, 0.05) is 18.8 Å². The van der Waals surface area contributed by atoms with Gasteiger partial charge >= 0.3 is 0 Å². The molecule has 180 valence electrons. The average molecular weight is 481 g/mol. The van der Waals surface area contributed by atoms with Crippen molar-refractivity contribution in [3.63, 3.8) is 0 Å². The van der Waals surface area contributed by atoms with Gasteiger partial charge in [-0.05, 0) is 56.2 Å². The minimum atomic E-state index is -0.269. The second-order valence-corrected chi connectivity index (χ2v) is 9.84. The quantitative estimate of drug-likeness (QED) is 0.396. The van der Waals surface area contributed by atoms with E-state index in [0.29, 0.717) is 17.0 Å². The first-order valence-electron chi connectivity index (χ1n) is 11.8. The van der Waals surface area contributed by atoms with Crippen LogP contribution in [0.3, 0.4) is 0 Å². The highest BCUT2D eigenvalue weighted by molar-refractivity contribution is 8.00. The van der Waals surface area contributed by atoms with E-state index in [1.165, 1.54) is 31.0 Å². The van der Waals surface area contributed by atoms with E-state index >= 15 is 0 Å². The van der Waals surface area contributed by atoms with Gasteiger partial charge in [0.1, 0.15) is 18.1 Å². The van der Waals surface area contributed by atoms with Crippen molar-refractivity contribution in [1.29, 1.82) is 0 Å². The van der Waals surface area contributed by atoms with Gasteiger partial charge in [-0.2, -0.15) is 0 Å². The minimum Gasteiger partial charge on any atom is -0.497 e. The fourth-order valence-corrected chi connectivity index (χ4v) is 5.26. The van der Waals surface area contributed by atoms with Gasteiger partial charge in [-0.1, -0.05) is 49.2 Å². The highest BCUT2D eigenvalue weighted by atomic mass is 32.2. The van der Waals surface area contributed by atoms with Gasteiger partial charge in [-0.15, -0.1) is 10.2 Å². The normalized spacial score (nSPS) is 15.0. The number of benzene rings is 2. The molecule has 1 saturated carbocycles. The summed E-state index contributed by atoms with van der Waals surface area (Å²) in [6.07, 6.45) is 5.84. The molecule has 1 fully saturated rings. The predicted molar refractivity (Wildman–Crippen MR) is 134 cm³/mol. The van der Waals surface area contributed by atoms with Crippen LogP contribution in [0.4, 0.5) is 0 Å². The van der Waals surface area contributed by atoms with Crippen LogP contribution >= 0.6 is 11.8 Å². The van der Waals surface area contributed by atoms with E-state index < -0.39 is 0 Å². The zero-order chi connectivity index (χ0) is 23.9. The number of hydrogen-bond donors (Lipinski definition) is 0. The van der Waals surface area contributed by atoms with E-state index in [1.54, 1.807) is 7.11 Å². The fourth-order valence-electron chi connectivity index (χ4n) is 4.27. The van der Waals surface area contributed by atoms with Crippen molar-refractivity contribution in [3.05, 3.63) is 60.4 Å². The third-order valence-corrected chi connectivity index (χ3v) is 7.27. The largest absolute Gasteiger partial charge is 0.497 e. The summed E-state index contributed by atoms with van der Waals surface area (Å²) in [5.74, 6) is 2.30. The number of hydrogen-bond acceptors (Lipinski definition) is 6. The van der Waals surface area contributed by atoms with Gasteiger partial charge in [-0.3, -0.25) is 9.36 Å². The summed E-state index contributed by atoms with van der Waals surface area (Å²) in [5.41, 5.74) is 0.934. The molecule has 0 aliphatic heterocycles. The third kappa shape index (κ3) is 5.73. The highest BCUT2D eigenvalue weighted by Crippen LogP contribution is 2.29. The lowest BCUT2D eigenvalue weighted by Gasteiger charge is -2.32. The average Bonchev–Trinajstić information content (AvgIpc) is 3.30. The van der Waals surface area contributed by atoms with Gasteiger partial charge in [0.15, 0.2) is 11.0 Å². The summed E-state index contributed by atoms with van der Waals surface area (Å²) in [4.78, 5) is 15.1. The lowest BCUT2D eigenvalue weighted by atomic mass is 9.94. The van der Waals surface area contributed by atoms with E-state index in [4.69, 9.17) is 9.47 Å². The summed E-state index contributed by atoms with van der Waals surface area (Å²) in [5, 5.41) is 9.25. The minimum absolute atomic E-state index is 0.135. The number of aromatic nitrogens is 3. The first kappa shape index (κ1) is 24.1. The molecule has 1 aliphatic carbocycles. The number of carbonyl (C=O) groups is 1. The zero-order valence-corrected chi connectivity index (χ0v) is 20.8. The number of rotatable bonds is 9. The Labute approximate surface area is 205 Å². The lowest BCUT2D eigenvalue weighted by molar-refractivity contribution is -0.131. The van der Waals surface area contributed by atoms with Crippen molar-refractivity contribution in [1.82, 2.24) is 19.7 Å². The summed E-state index contributed by atoms with van der Waals surface area (Å²) in [6, 6.07) is 17.7. The van der Waals surface area contributed by atoms with E-state index in [9.17, 15) is 4.79 Å². The Morgan fingerprint density at radius 1 is 1.06 bits per heavy atom. The maximum Gasteiger partial charge on any atom is 0.235 e. The Balaban J connectivity index is 1.51. The lowest BCUT2D eigenvalue weighted by Crippen LogP contribution is -2.42. The van der Waals surface area contributed by atoms with E-state index in [-0.39, 0.29) is 17.8 Å². The van der Waals surface area contributed by atoms with Gasteiger partial charge in [-0.25, -0.2) is 0 Å². The second-order valence-electron chi connectivity index (χ2n) is 8.54. The van der Waals surface area contributed by atoms with Crippen molar-refractivity contribution < 1.29 is 14.3 Å². The van der Waals surface area contributed by atoms with Crippen LogP contribution in [0.5, 0.6) is 11.5 Å². The molecule has 0 saturated heterocycles. The predicted octanol–water partition coefficient (Wildman–Crippen LogP) is 5.13. The molecule has 1 amide bonds. The van der Waals surface area contributed by atoms with Crippen molar-refractivity contribution >= 4 is 17.7 Å². The van der Waals surface area contributed by atoms with E-state index in [2.05, 4.69) is 10.2 Å². The van der Waals surface area contributed by atoms with Gasteiger partial charge in [0.25, 0.3) is 0 Å². The van der Waals surface area contributed by atoms with Crippen LogP contribution in [0.25, 0.3) is 5.69 Å². The molecule has 1 unspecified atom stereocenters. The van der Waals surface area contributed by atoms with Crippen molar-refractivity contribution in [2.24, 2.45) is 0 Å². The number of methoxy groups -OCH3 is 1. The van der Waals surface area contributed by atoms with E-state index in [0.717, 1.165) is 30.0 Å². The first-order chi connectivity index (χ1) is 16.6. The smallest absolute Gasteiger partial charge is 0.235 e. The van der Waals surface area contributed by atoms with Crippen LogP contribution in [0, 0.1) is 0 Å². The molecule has 2 aromatic carbocycles. The summed E-state index contributed by atoms with van der Waals surface area (Å²) >= 11 is 1.44. The fraction of sp³-hybridized carbons (Fsp3) is 0.423. The van der Waals surface area contributed by atoms with Crippen LogP contribution in [0.15, 0.2) is 59.8 Å². The van der Waals surface area contributed by atoms with Crippen molar-refractivity contribution in [3.8, 4) is 17.2 Å². The Morgan fingerprint density at radius 3 is 2.41 bits per heavy atom. The molecular weight excluding hydrogens is 448 g/mol. The monoisotopic (exact) mass is 480 g/mol. The van der Waals surface area contributed by atoms with E-state index in [1.807, 2.05) is 78.0 Å². The van der Waals surface area contributed by atoms with Crippen LogP contribution in [0.1, 0.15) is 44.9 Å². The molecule has 8 heteroatoms. The van der Waals surface area contributed by atoms with Crippen LogP contribution in [-0.4, -0.2) is 51.0 Å². The van der Waals surface area contributed by atoms with Crippen molar-refractivity contribution in [2.75, 3.05) is 14.2 Å². The third-order valence-electron chi connectivity index (χ3n) is 6.24. The standard InChI is InChI=1S/C26H32N4O3S/c1-19(25(31)29(2)20-10-6-4-7-11-20)34-26-28-27-24(30(26)21-12-8-5-9-13-21)18-33-23-16-14-22(32-3)15-17-23/h5,8-9,12-17,19-20H,4,6-7,10-11,18H2,1-3H3. The molecule has 7 nitrogen and oxygen atoms in total. The molecule has 0 radical (unpaired) electrons. The number of thioether (sulfide) groups is 1. The molecule has 1 atom stereocenters. The molecule has 1 heterocycles. The van der Waals surface area contributed by atoms with Crippen molar-refractivity contribution in [2.45, 2.75) is 62.1 Å². The van der Waals surface area contributed by atoms with Crippen LogP contribution < -0.4 is 9.47 Å². The Morgan fingerprint density at radius 2 is 1.74 bits per heavy atom. The number of ether oxygens (including phenoxy) is 2. The van der Waals surface area contributed by atoms with Gasteiger partial charge < -0.3 is 14.4 Å². The first-order valence-corrected chi connectivity index (χ1v) is 12.6. The molecule has 0 bridgehead atoms. The summed E-state index contributed by atoms with van der Waals surface area (Å²) in [7, 11) is 3.57. The number of carbonyl (C=O) groups excluding carboxylic acids is 1. The molecular formula is C26H32N4O3S. The second kappa shape index (κ2) is 11.4. The molecule has 0 spiro atoms. The SMILES string of the molecule is COc1ccc(OCc2nnc(SC(C)C(=O)N(C)C3CCCCC3)n2-c2ccccc2)cc1. The molecule has 1 aliphatic rings. The van der Waals surface area contributed by atoms with Gasteiger partial charge in [0.2, 0.25) is 5.91 Å². The maximum absolute atomic E-state index is 13.2. The molecule has 1 aromatic heterocycles. The number of para-hydroxylation sites is 1. The number of amides is 1. The zero-order valence-electron chi connectivity index (χ0n) is 20.0. The Bertz CT molecular complexity index is 1070. The highest BCUT2D eigenvalue weighted by Gasteiger charge is 2.28. The Hall–Kier alpha value is -3.00. The van der Waals surface area contributed by atoms with Crippen LogP contribution in [0.2, 0.25) is 0 Å². The summed E-state index contributed by atoms with van der Waals surface area (Å²) < 4.78 is 13.2. The number of nitrogens with zero attached hydrogens (tertiary/aromatic N) is 4. The maximum atomic E-state index is 13.2. The van der Waals surface area contributed by atoms with Crippen LogP contribution in [-0.2, 0) is 11.4 Å². The molecule has 0 N–H and O–H groups in total. The molecule has 3 aromatic rings. The summed E-state index contributed by atoms with van der Waals surface area (Å²) in [6.45, 7) is 2.20. The molecule has 4 rings (SSSR count). The Kier molecular flexibility index (Phi) is 8.11.